The minimum absolute atomic E-state index is 0.151. The molecule has 0 aliphatic heterocycles. The number of carbonyl (C=O) groups is 1. The molecule has 1 amide bonds. The van der Waals surface area contributed by atoms with Crippen LogP contribution in [0.1, 0.15) is 27.2 Å². The van der Waals surface area contributed by atoms with E-state index in [9.17, 15) is 13.2 Å². The molecule has 0 radical (unpaired) electrons. The molecular weight excluding hydrogens is 476 g/mol. The van der Waals surface area contributed by atoms with Crippen LogP contribution >= 0.6 is 0 Å². The van der Waals surface area contributed by atoms with Crippen molar-refractivity contribution in [3.05, 3.63) is 107 Å². The average Bonchev–Trinajstić information content (AvgIpc) is 2.86. The maximum atomic E-state index is 12.9. The van der Waals surface area contributed by atoms with E-state index < -0.39 is 10.0 Å². The predicted octanol–water partition coefficient (Wildman–Crippen LogP) is 4.79. The first-order valence-corrected chi connectivity index (χ1v) is 13.1. The smallest absolute Gasteiger partial charge is 0.255 e. The molecule has 36 heavy (non-hydrogen) atoms. The lowest BCUT2D eigenvalue weighted by Gasteiger charge is -2.10. The number of anilines is 2. The third-order valence-corrected chi connectivity index (χ3v) is 5.81. The third-order valence-electron chi connectivity index (χ3n) is 5.25. The van der Waals surface area contributed by atoms with E-state index in [0.717, 1.165) is 17.4 Å². The third kappa shape index (κ3) is 6.97. The second kappa shape index (κ2) is 11.1. The highest BCUT2D eigenvalue weighted by atomic mass is 32.2. The molecule has 0 spiro atoms. The summed E-state index contributed by atoms with van der Waals surface area (Å²) in [5.74, 6) is -0.128. The van der Waals surface area contributed by atoms with Crippen molar-refractivity contribution in [2.45, 2.75) is 20.1 Å². The highest BCUT2D eigenvalue weighted by Gasteiger charge is 2.12. The van der Waals surface area contributed by atoms with Crippen LogP contribution in [0.2, 0.25) is 0 Å². The standard InChI is InChI=1S/C27H26N4O4S/c1-19-26(31-36(2,33)34)30-25(16-28-19)22-9-6-10-23(15-22)27(32)29-24-13-11-21(12-14-24)18-35-17-20-7-4-3-5-8-20/h3-16H,17-18H2,1-2H3,(H,29,32)(H,30,31). The minimum atomic E-state index is -3.50. The molecular formula is C27H26N4O4S. The number of amides is 1. The van der Waals surface area contributed by atoms with Gasteiger partial charge in [0, 0.05) is 16.8 Å². The Morgan fingerprint density at radius 2 is 1.61 bits per heavy atom. The quantitative estimate of drug-likeness (QED) is 0.340. The summed E-state index contributed by atoms with van der Waals surface area (Å²) < 4.78 is 31.3. The van der Waals surface area contributed by atoms with Gasteiger partial charge in [-0.1, -0.05) is 54.6 Å². The molecule has 0 saturated heterocycles. The number of nitrogens with zero attached hydrogens (tertiary/aromatic N) is 2. The van der Waals surface area contributed by atoms with Gasteiger partial charge in [-0.25, -0.2) is 13.4 Å². The van der Waals surface area contributed by atoms with Crippen LogP contribution in [0.3, 0.4) is 0 Å². The Labute approximate surface area is 210 Å². The molecule has 0 unspecified atom stereocenters. The molecule has 0 saturated carbocycles. The van der Waals surface area contributed by atoms with E-state index in [4.69, 9.17) is 4.74 Å². The van der Waals surface area contributed by atoms with E-state index >= 15 is 0 Å². The molecule has 2 N–H and O–H groups in total. The van der Waals surface area contributed by atoms with Gasteiger partial charge in [0.05, 0.1) is 37.1 Å². The van der Waals surface area contributed by atoms with Crippen LogP contribution in [0, 0.1) is 6.92 Å². The first-order valence-electron chi connectivity index (χ1n) is 11.2. The molecule has 4 aromatic rings. The first-order chi connectivity index (χ1) is 17.3. The van der Waals surface area contributed by atoms with Gasteiger partial charge in [0.1, 0.15) is 0 Å². The highest BCUT2D eigenvalue weighted by molar-refractivity contribution is 7.92. The summed E-state index contributed by atoms with van der Waals surface area (Å²) >= 11 is 0. The molecule has 1 heterocycles. The number of aromatic nitrogens is 2. The van der Waals surface area contributed by atoms with Crippen LogP contribution in [0.4, 0.5) is 11.5 Å². The molecule has 8 nitrogen and oxygen atoms in total. The van der Waals surface area contributed by atoms with Crippen LogP contribution in [-0.4, -0.2) is 30.5 Å². The summed E-state index contributed by atoms with van der Waals surface area (Å²) in [7, 11) is -3.50. The normalized spacial score (nSPS) is 11.2. The predicted molar refractivity (Wildman–Crippen MR) is 140 cm³/mol. The molecule has 184 valence electrons. The fraction of sp³-hybridized carbons (Fsp3) is 0.148. The van der Waals surface area contributed by atoms with Crippen molar-refractivity contribution < 1.29 is 17.9 Å². The summed E-state index contributed by atoms with van der Waals surface area (Å²) in [6.07, 6.45) is 2.59. The average molecular weight is 503 g/mol. The van der Waals surface area contributed by atoms with Crippen molar-refractivity contribution >= 4 is 27.4 Å². The lowest BCUT2D eigenvalue weighted by molar-refractivity contribution is 0.102. The zero-order chi connectivity index (χ0) is 25.5. The second-order valence-corrected chi connectivity index (χ2v) is 10.0. The molecule has 4 rings (SSSR count). The Morgan fingerprint density at radius 1 is 0.917 bits per heavy atom. The maximum Gasteiger partial charge on any atom is 0.255 e. The molecule has 1 aromatic heterocycles. The SMILES string of the molecule is Cc1ncc(-c2cccc(C(=O)Nc3ccc(COCc4ccccc4)cc3)c2)nc1NS(C)(=O)=O. The minimum Gasteiger partial charge on any atom is -0.372 e. The molecule has 0 aliphatic rings. The van der Waals surface area contributed by atoms with Gasteiger partial charge in [-0.2, -0.15) is 0 Å². The zero-order valence-electron chi connectivity index (χ0n) is 19.9. The Bertz CT molecular complexity index is 1460. The monoisotopic (exact) mass is 502 g/mol. The molecule has 0 bridgehead atoms. The number of rotatable bonds is 9. The fourth-order valence-electron chi connectivity index (χ4n) is 3.43. The number of sulfonamides is 1. The van der Waals surface area contributed by atoms with Gasteiger partial charge in [-0.05, 0) is 42.3 Å². The maximum absolute atomic E-state index is 12.9. The van der Waals surface area contributed by atoms with Crippen molar-refractivity contribution in [3.63, 3.8) is 0 Å². The van der Waals surface area contributed by atoms with Gasteiger partial charge in [0.15, 0.2) is 5.82 Å². The van der Waals surface area contributed by atoms with E-state index in [1.807, 2.05) is 54.6 Å². The summed E-state index contributed by atoms with van der Waals surface area (Å²) in [6, 6.07) is 24.4. The van der Waals surface area contributed by atoms with Gasteiger partial charge in [-0.3, -0.25) is 14.5 Å². The number of hydrogen-bond acceptors (Lipinski definition) is 6. The van der Waals surface area contributed by atoms with Crippen LogP contribution < -0.4 is 10.0 Å². The van der Waals surface area contributed by atoms with E-state index in [0.29, 0.717) is 41.4 Å². The van der Waals surface area contributed by atoms with Gasteiger partial charge in [-0.15, -0.1) is 0 Å². The van der Waals surface area contributed by atoms with Crippen LogP contribution in [0.25, 0.3) is 11.3 Å². The summed E-state index contributed by atoms with van der Waals surface area (Å²) in [5, 5.41) is 2.89. The van der Waals surface area contributed by atoms with Crippen molar-refractivity contribution in [2.75, 3.05) is 16.3 Å². The fourth-order valence-corrected chi connectivity index (χ4v) is 3.97. The number of hydrogen-bond donors (Lipinski definition) is 2. The van der Waals surface area contributed by atoms with Gasteiger partial charge in [0.2, 0.25) is 10.0 Å². The summed E-state index contributed by atoms with van der Waals surface area (Å²) in [5.41, 5.74) is 4.74. The zero-order valence-corrected chi connectivity index (χ0v) is 20.7. The molecule has 0 aliphatic carbocycles. The van der Waals surface area contributed by atoms with Crippen LogP contribution in [0.15, 0.2) is 85.1 Å². The van der Waals surface area contributed by atoms with Gasteiger partial charge in [0.25, 0.3) is 5.91 Å². The lowest BCUT2D eigenvalue weighted by Crippen LogP contribution is -2.13. The molecule has 3 aromatic carbocycles. The van der Waals surface area contributed by atoms with Gasteiger partial charge < -0.3 is 10.1 Å². The number of aryl methyl sites for hydroxylation is 1. The molecule has 0 atom stereocenters. The Balaban J connectivity index is 1.40. The largest absolute Gasteiger partial charge is 0.372 e. The molecule has 9 heteroatoms. The number of benzene rings is 3. The van der Waals surface area contributed by atoms with Crippen molar-refractivity contribution in [1.82, 2.24) is 9.97 Å². The Kier molecular flexibility index (Phi) is 7.72. The van der Waals surface area contributed by atoms with E-state index in [1.54, 1.807) is 37.4 Å². The molecule has 0 fully saturated rings. The van der Waals surface area contributed by atoms with Crippen molar-refractivity contribution in [2.24, 2.45) is 0 Å². The first kappa shape index (κ1) is 25.0. The lowest BCUT2D eigenvalue weighted by atomic mass is 10.1. The summed E-state index contributed by atoms with van der Waals surface area (Å²) in [4.78, 5) is 21.5. The number of ether oxygens (including phenoxy) is 1. The highest BCUT2D eigenvalue weighted by Crippen LogP contribution is 2.22. The van der Waals surface area contributed by atoms with E-state index in [-0.39, 0.29) is 11.7 Å². The Hall–Kier alpha value is -4.08. The second-order valence-electron chi connectivity index (χ2n) is 8.27. The van der Waals surface area contributed by atoms with Crippen LogP contribution in [0.5, 0.6) is 0 Å². The van der Waals surface area contributed by atoms with Crippen LogP contribution in [-0.2, 0) is 28.0 Å². The van der Waals surface area contributed by atoms with Crippen molar-refractivity contribution in [3.8, 4) is 11.3 Å². The summed E-state index contributed by atoms with van der Waals surface area (Å²) in [6.45, 7) is 2.67. The van der Waals surface area contributed by atoms with Gasteiger partial charge >= 0.3 is 0 Å². The van der Waals surface area contributed by atoms with E-state index in [1.165, 1.54) is 0 Å². The number of nitrogens with one attached hydrogen (secondary N) is 2. The van der Waals surface area contributed by atoms with E-state index in [2.05, 4.69) is 20.0 Å². The van der Waals surface area contributed by atoms with Crippen molar-refractivity contribution in [1.29, 1.82) is 0 Å². The number of carbonyl (C=O) groups excluding carboxylic acids is 1. The topological polar surface area (TPSA) is 110 Å². The Morgan fingerprint density at radius 3 is 2.31 bits per heavy atom.